The van der Waals surface area contributed by atoms with Crippen LogP contribution >= 0.6 is 0 Å². The molecule has 1 aliphatic rings. The number of nitrogens with zero attached hydrogens (tertiary/aromatic N) is 2. The van der Waals surface area contributed by atoms with Crippen LogP contribution in [0.4, 0.5) is 0 Å². The first-order valence-corrected chi connectivity index (χ1v) is 10.7. The monoisotopic (exact) mass is 396 g/mol. The van der Waals surface area contributed by atoms with E-state index < -0.39 is 10.0 Å². The number of aromatic nitrogens is 1. The number of fused-ring (bicyclic) bond motifs is 1. The standard InChI is InChI=1S/C22H24N2O3S/c1-16-14-18(8-9-22(16)27-3)28(25,26)24-12-10-17(11-13-24)20-15-23(2)21-7-5-4-6-19(20)21/h4-10,14-15H,11-13H2,1-3H3. The van der Waals surface area contributed by atoms with Gasteiger partial charge in [0.1, 0.15) is 5.75 Å². The SMILES string of the molecule is COc1ccc(S(=O)(=O)N2CC=C(c3cn(C)c4ccccc34)CC2)cc1C. The topological polar surface area (TPSA) is 51.5 Å². The number of hydrogen-bond acceptors (Lipinski definition) is 3. The third kappa shape index (κ3) is 3.12. The molecule has 0 N–H and O–H groups in total. The van der Waals surface area contributed by atoms with Crippen LogP contribution in [0.5, 0.6) is 5.75 Å². The summed E-state index contributed by atoms with van der Waals surface area (Å²) in [6.45, 7) is 2.71. The van der Waals surface area contributed by atoms with E-state index in [4.69, 9.17) is 4.74 Å². The van der Waals surface area contributed by atoms with Gasteiger partial charge in [0.15, 0.2) is 0 Å². The van der Waals surface area contributed by atoms with Crippen LogP contribution in [0.15, 0.2) is 59.6 Å². The number of sulfonamides is 1. The quantitative estimate of drug-likeness (QED) is 0.670. The van der Waals surface area contributed by atoms with E-state index in [1.165, 1.54) is 22.0 Å². The highest BCUT2D eigenvalue weighted by atomic mass is 32.2. The number of para-hydroxylation sites is 1. The molecule has 2 heterocycles. The van der Waals surface area contributed by atoms with E-state index in [0.29, 0.717) is 30.2 Å². The summed E-state index contributed by atoms with van der Waals surface area (Å²) in [5, 5.41) is 1.21. The van der Waals surface area contributed by atoms with Crippen molar-refractivity contribution in [2.75, 3.05) is 20.2 Å². The van der Waals surface area contributed by atoms with Crippen LogP contribution in [0.3, 0.4) is 0 Å². The first-order chi connectivity index (χ1) is 13.4. The predicted molar refractivity (Wildman–Crippen MR) is 112 cm³/mol. The lowest BCUT2D eigenvalue weighted by atomic mass is 10.00. The highest BCUT2D eigenvalue weighted by molar-refractivity contribution is 7.89. The van der Waals surface area contributed by atoms with Gasteiger partial charge < -0.3 is 9.30 Å². The van der Waals surface area contributed by atoms with Crippen molar-refractivity contribution < 1.29 is 13.2 Å². The average molecular weight is 397 g/mol. The molecular weight excluding hydrogens is 372 g/mol. The molecule has 1 aliphatic heterocycles. The third-order valence-corrected chi connectivity index (χ3v) is 7.28. The van der Waals surface area contributed by atoms with Gasteiger partial charge in [0.05, 0.1) is 12.0 Å². The molecule has 0 atom stereocenters. The maximum absolute atomic E-state index is 13.1. The molecule has 0 fully saturated rings. The van der Waals surface area contributed by atoms with Gasteiger partial charge in [0.2, 0.25) is 10.0 Å². The van der Waals surface area contributed by atoms with Crippen molar-refractivity contribution in [3.05, 3.63) is 65.9 Å². The van der Waals surface area contributed by atoms with Gasteiger partial charge >= 0.3 is 0 Å². The van der Waals surface area contributed by atoms with Crippen molar-refractivity contribution in [2.24, 2.45) is 7.05 Å². The number of aryl methyl sites for hydroxylation is 2. The number of benzene rings is 2. The molecule has 4 rings (SSSR count). The maximum Gasteiger partial charge on any atom is 0.243 e. The first-order valence-electron chi connectivity index (χ1n) is 9.30. The van der Waals surface area contributed by atoms with E-state index in [1.54, 1.807) is 29.6 Å². The number of methoxy groups -OCH3 is 1. The van der Waals surface area contributed by atoms with E-state index in [2.05, 4.69) is 22.9 Å². The minimum absolute atomic E-state index is 0.313. The molecule has 5 nitrogen and oxygen atoms in total. The maximum atomic E-state index is 13.1. The van der Waals surface area contributed by atoms with Crippen LogP contribution in [0.1, 0.15) is 17.5 Å². The molecule has 0 bridgehead atoms. The Labute approximate surface area is 165 Å². The lowest BCUT2D eigenvalue weighted by Gasteiger charge is -2.26. The van der Waals surface area contributed by atoms with Crippen LogP contribution in [-0.2, 0) is 17.1 Å². The molecular formula is C22H24N2O3S. The summed E-state index contributed by atoms with van der Waals surface area (Å²) < 4.78 is 35.0. The minimum Gasteiger partial charge on any atom is -0.496 e. The molecule has 0 unspecified atom stereocenters. The Balaban J connectivity index is 1.62. The predicted octanol–water partition coefficient (Wildman–Crippen LogP) is 3.97. The average Bonchev–Trinajstić information content (AvgIpc) is 3.05. The van der Waals surface area contributed by atoms with E-state index >= 15 is 0 Å². The van der Waals surface area contributed by atoms with Gasteiger partial charge in [-0.1, -0.05) is 24.3 Å². The van der Waals surface area contributed by atoms with E-state index in [-0.39, 0.29) is 0 Å². The summed E-state index contributed by atoms with van der Waals surface area (Å²) in [5.41, 5.74) is 4.39. The normalized spacial score (nSPS) is 15.6. The Bertz CT molecular complexity index is 1180. The molecule has 28 heavy (non-hydrogen) atoms. The second kappa shape index (κ2) is 7.11. The summed E-state index contributed by atoms with van der Waals surface area (Å²) >= 11 is 0. The summed E-state index contributed by atoms with van der Waals surface area (Å²) in [4.78, 5) is 0.313. The second-order valence-electron chi connectivity index (χ2n) is 7.14. The first kappa shape index (κ1) is 18.8. The van der Waals surface area contributed by atoms with Crippen molar-refractivity contribution in [1.29, 1.82) is 0 Å². The van der Waals surface area contributed by atoms with Gasteiger partial charge in [-0.2, -0.15) is 4.31 Å². The molecule has 0 spiro atoms. The van der Waals surface area contributed by atoms with Crippen LogP contribution in [0.2, 0.25) is 0 Å². The van der Waals surface area contributed by atoms with Gasteiger partial charge in [-0.05, 0) is 48.7 Å². The highest BCUT2D eigenvalue weighted by Crippen LogP contribution is 2.32. The Kier molecular flexibility index (Phi) is 4.77. The van der Waals surface area contributed by atoms with Crippen LogP contribution in [0.25, 0.3) is 16.5 Å². The molecule has 146 valence electrons. The summed E-state index contributed by atoms with van der Waals surface area (Å²) in [7, 11) is 0.0993. The lowest BCUT2D eigenvalue weighted by Crippen LogP contribution is -2.34. The summed E-state index contributed by atoms with van der Waals surface area (Å²) in [5.74, 6) is 0.690. The van der Waals surface area contributed by atoms with Gasteiger partial charge in [-0.25, -0.2) is 8.42 Å². The minimum atomic E-state index is -3.52. The Morgan fingerprint density at radius 3 is 2.57 bits per heavy atom. The molecule has 3 aromatic rings. The third-order valence-electron chi connectivity index (χ3n) is 5.42. The zero-order valence-electron chi connectivity index (χ0n) is 16.3. The Morgan fingerprint density at radius 2 is 1.89 bits per heavy atom. The fourth-order valence-electron chi connectivity index (χ4n) is 3.87. The molecule has 1 aromatic heterocycles. The van der Waals surface area contributed by atoms with Crippen molar-refractivity contribution in [2.45, 2.75) is 18.2 Å². The summed E-state index contributed by atoms with van der Waals surface area (Å²) in [6, 6.07) is 13.3. The molecule has 0 aliphatic carbocycles. The Hall–Kier alpha value is -2.57. The van der Waals surface area contributed by atoms with E-state index in [0.717, 1.165) is 5.56 Å². The van der Waals surface area contributed by atoms with E-state index in [1.807, 2.05) is 32.2 Å². The highest BCUT2D eigenvalue weighted by Gasteiger charge is 2.27. The summed E-state index contributed by atoms with van der Waals surface area (Å²) in [6.07, 6.45) is 4.87. The largest absolute Gasteiger partial charge is 0.496 e. The zero-order valence-corrected chi connectivity index (χ0v) is 17.2. The van der Waals surface area contributed by atoms with Gasteiger partial charge in [0, 0.05) is 42.8 Å². The van der Waals surface area contributed by atoms with Gasteiger partial charge in [-0.15, -0.1) is 0 Å². The van der Waals surface area contributed by atoms with Crippen molar-refractivity contribution in [3.8, 4) is 5.75 Å². The van der Waals surface area contributed by atoms with E-state index in [9.17, 15) is 8.42 Å². The molecule has 2 aromatic carbocycles. The van der Waals surface area contributed by atoms with Gasteiger partial charge in [0.25, 0.3) is 0 Å². The molecule has 0 amide bonds. The Morgan fingerprint density at radius 1 is 1.11 bits per heavy atom. The zero-order chi connectivity index (χ0) is 19.9. The number of rotatable bonds is 4. The van der Waals surface area contributed by atoms with Crippen molar-refractivity contribution in [1.82, 2.24) is 8.87 Å². The smallest absolute Gasteiger partial charge is 0.243 e. The molecule has 0 saturated carbocycles. The molecule has 0 radical (unpaired) electrons. The second-order valence-corrected chi connectivity index (χ2v) is 9.08. The van der Waals surface area contributed by atoms with Gasteiger partial charge in [-0.3, -0.25) is 0 Å². The fraction of sp³-hybridized carbons (Fsp3) is 0.273. The lowest BCUT2D eigenvalue weighted by molar-refractivity contribution is 0.411. The van der Waals surface area contributed by atoms with Crippen LogP contribution < -0.4 is 4.74 Å². The van der Waals surface area contributed by atoms with Crippen molar-refractivity contribution >= 4 is 26.5 Å². The fourth-order valence-corrected chi connectivity index (χ4v) is 5.34. The van der Waals surface area contributed by atoms with Crippen molar-refractivity contribution in [3.63, 3.8) is 0 Å². The van der Waals surface area contributed by atoms with Crippen LogP contribution in [-0.4, -0.2) is 37.5 Å². The van der Waals surface area contributed by atoms with Crippen LogP contribution in [0, 0.1) is 6.92 Å². The molecule has 0 saturated heterocycles. The number of ether oxygens (including phenoxy) is 1. The number of hydrogen-bond donors (Lipinski definition) is 0. The molecule has 6 heteroatoms.